The van der Waals surface area contributed by atoms with E-state index in [1.807, 2.05) is 6.92 Å². The van der Waals surface area contributed by atoms with Crippen LogP contribution in [0.3, 0.4) is 0 Å². The summed E-state index contributed by atoms with van der Waals surface area (Å²) in [6.45, 7) is 2.04. The first-order valence-electron chi connectivity index (χ1n) is 3.96. The van der Waals surface area contributed by atoms with Gasteiger partial charge in [0.25, 0.3) is 0 Å². The molecular weight excluding hydrogens is 124 g/mol. The number of carbonyl (C=O) groups is 1. The van der Waals surface area contributed by atoms with Crippen LogP contribution in [-0.2, 0) is 4.79 Å². The van der Waals surface area contributed by atoms with Crippen molar-refractivity contribution >= 4 is 5.78 Å². The normalized spacial score (nSPS) is 26.5. The molecule has 1 heteroatoms. The minimum absolute atomic E-state index is 0.411. The van der Waals surface area contributed by atoms with E-state index in [-0.39, 0.29) is 0 Å². The fraction of sp³-hybridized carbons (Fsp3) is 0.667. The molecular formula is C9H14O. The molecule has 0 aromatic heterocycles. The molecule has 0 amide bonds. The number of hydrogen-bond donors (Lipinski definition) is 0. The van der Waals surface area contributed by atoms with Crippen molar-refractivity contribution in [3.05, 3.63) is 11.6 Å². The summed E-state index contributed by atoms with van der Waals surface area (Å²) in [5, 5.41) is 0. The predicted octanol–water partition coefficient (Wildman–Crippen LogP) is 2.47. The molecule has 1 aliphatic carbocycles. The molecule has 0 heterocycles. The molecule has 0 N–H and O–H groups in total. The molecule has 1 aliphatic rings. The first kappa shape index (κ1) is 7.52. The van der Waals surface area contributed by atoms with Crippen LogP contribution in [0.1, 0.15) is 39.0 Å². The SMILES string of the molecule is C/C1=C/CCCCC(=O)C1. The van der Waals surface area contributed by atoms with Gasteiger partial charge in [-0.25, -0.2) is 0 Å². The number of hydrogen-bond acceptors (Lipinski definition) is 1. The zero-order valence-corrected chi connectivity index (χ0v) is 6.52. The van der Waals surface area contributed by atoms with Gasteiger partial charge in [-0.05, 0) is 26.2 Å². The lowest BCUT2D eigenvalue weighted by Gasteiger charge is -2.05. The molecule has 1 nitrogen and oxygen atoms in total. The highest BCUT2D eigenvalue weighted by atomic mass is 16.1. The highest BCUT2D eigenvalue weighted by molar-refractivity contribution is 5.80. The van der Waals surface area contributed by atoms with E-state index in [1.54, 1.807) is 0 Å². The van der Waals surface area contributed by atoms with Gasteiger partial charge >= 0.3 is 0 Å². The van der Waals surface area contributed by atoms with Crippen LogP contribution in [-0.4, -0.2) is 5.78 Å². The molecule has 0 saturated carbocycles. The molecule has 0 unspecified atom stereocenters. The van der Waals surface area contributed by atoms with Crippen molar-refractivity contribution in [1.29, 1.82) is 0 Å². The zero-order chi connectivity index (χ0) is 7.40. The smallest absolute Gasteiger partial charge is 0.136 e. The topological polar surface area (TPSA) is 17.1 Å². The van der Waals surface area contributed by atoms with Crippen LogP contribution in [0.5, 0.6) is 0 Å². The highest BCUT2D eigenvalue weighted by Crippen LogP contribution is 2.13. The van der Waals surface area contributed by atoms with Crippen molar-refractivity contribution in [1.82, 2.24) is 0 Å². The monoisotopic (exact) mass is 138 g/mol. The summed E-state index contributed by atoms with van der Waals surface area (Å²) in [7, 11) is 0. The maximum atomic E-state index is 11.0. The van der Waals surface area contributed by atoms with Gasteiger partial charge in [0, 0.05) is 12.8 Å². The minimum atomic E-state index is 0.411. The predicted molar refractivity (Wildman–Crippen MR) is 41.8 cm³/mol. The van der Waals surface area contributed by atoms with Crippen LogP contribution in [0, 0.1) is 0 Å². The van der Waals surface area contributed by atoms with Crippen LogP contribution in [0.2, 0.25) is 0 Å². The van der Waals surface area contributed by atoms with Crippen molar-refractivity contribution in [3.63, 3.8) is 0 Å². The molecule has 0 aliphatic heterocycles. The van der Waals surface area contributed by atoms with Crippen LogP contribution in [0.4, 0.5) is 0 Å². The van der Waals surface area contributed by atoms with Gasteiger partial charge in [-0.1, -0.05) is 11.6 Å². The first-order valence-corrected chi connectivity index (χ1v) is 3.96. The molecule has 0 saturated heterocycles. The van der Waals surface area contributed by atoms with Gasteiger partial charge in [0.2, 0.25) is 0 Å². The number of carbonyl (C=O) groups excluding carboxylic acids is 1. The third kappa shape index (κ3) is 2.34. The second-order valence-electron chi connectivity index (χ2n) is 3.01. The Morgan fingerprint density at radius 3 is 3.00 bits per heavy atom. The maximum Gasteiger partial charge on any atom is 0.136 e. The number of allylic oxidation sites excluding steroid dienone is 2. The number of Topliss-reactive ketones (excluding diaryl/α,β-unsaturated/α-hetero) is 1. The van der Waals surface area contributed by atoms with E-state index in [1.165, 1.54) is 18.4 Å². The Balaban J connectivity index is 2.51. The molecule has 0 fully saturated rings. The van der Waals surface area contributed by atoms with Crippen molar-refractivity contribution in [2.45, 2.75) is 39.0 Å². The summed E-state index contributed by atoms with van der Waals surface area (Å²) in [4.78, 5) is 11.0. The van der Waals surface area contributed by atoms with Crippen molar-refractivity contribution in [2.24, 2.45) is 0 Å². The Hall–Kier alpha value is -0.590. The molecule has 0 radical (unpaired) electrons. The molecule has 0 aromatic rings. The van der Waals surface area contributed by atoms with Crippen LogP contribution >= 0.6 is 0 Å². The van der Waals surface area contributed by atoms with Gasteiger partial charge in [0.05, 0.1) is 0 Å². The van der Waals surface area contributed by atoms with Crippen molar-refractivity contribution < 1.29 is 4.79 Å². The Morgan fingerprint density at radius 1 is 1.40 bits per heavy atom. The largest absolute Gasteiger partial charge is 0.299 e. The fourth-order valence-corrected chi connectivity index (χ4v) is 1.29. The van der Waals surface area contributed by atoms with Gasteiger partial charge in [0.1, 0.15) is 5.78 Å². The van der Waals surface area contributed by atoms with Gasteiger partial charge < -0.3 is 0 Å². The Bertz CT molecular complexity index is 156. The van der Waals surface area contributed by atoms with Crippen LogP contribution < -0.4 is 0 Å². The molecule has 0 atom stereocenters. The van der Waals surface area contributed by atoms with E-state index in [9.17, 15) is 4.79 Å². The minimum Gasteiger partial charge on any atom is -0.299 e. The fourth-order valence-electron chi connectivity index (χ4n) is 1.29. The Kier molecular flexibility index (Phi) is 2.67. The average Bonchev–Trinajstić information content (AvgIpc) is 1.83. The molecule has 0 aromatic carbocycles. The van der Waals surface area contributed by atoms with Crippen LogP contribution in [0.25, 0.3) is 0 Å². The Morgan fingerprint density at radius 2 is 2.20 bits per heavy atom. The molecule has 56 valence electrons. The van der Waals surface area contributed by atoms with Gasteiger partial charge in [0.15, 0.2) is 0 Å². The molecule has 1 rings (SSSR count). The van der Waals surface area contributed by atoms with Crippen molar-refractivity contribution in [3.8, 4) is 0 Å². The van der Waals surface area contributed by atoms with E-state index in [0.29, 0.717) is 12.2 Å². The highest BCUT2D eigenvalue weighted by Gasteiger charge is 2.04. The lowest BCUT2D eigenvalue weighted by atomic mass is 10.0. The number of rotatable bonds is 0. The molecule has 0 bridgehead atoms. The summed E-state index contributed by atoms with van der Waals surface area (Å²) >= 11 is 0. The van der Waals surface area contributed by atoms with E-state index in [4.69, 9.17) is 0 Å². The number of ketones is 1. The lowest BCUT2D eigenvalue weighted by molar-refractivity contribution is -0.118. The molecule has 0 spiro atoms. The summed E-state index contributed by atoms with van der Waals surface area (Å²) in [5.41, 5.74) is 1.25. The third-order valence-electron chi connectivity index (χ3n) is 1.88. The summed E-state index contributed by atoms with van der Waals surface area (Å²) in [6, 6.07) is 0. The molecule has 10 heavy (non-hydrogen) atoms. The zero-order valence-electron chi connectivity index (χ0n) is 6.52. The van der Waals surface area contributed by atoms with Crippen molar-refractivity contribution in [2.75, 3.05) is 0 Å². The Labute approximate surface area is 62.1 Å². The van der Waals surface area contributed by atoms with Crippen LogP contribution in [0.15, 0.2) is 11.6 Å². The summed E-state index contributed by atoms with van der Waals surface area (Å²) in [5.74, 6) is 0.411. The van der Waals surface area contributed by atoms with E-state index >= 15 is 0 Å². The average molecular weight is 138 g/mol. The summed E-state index contributed by atoms with van der Waals surface area (Å²) in [6.07, 6.45) is 7.12. The standard InChI is InChI=1S/C9H14O/c1-8-5-3-2-4-6-9(10)7-8/h5H,2-4,6-7H2,1H3/b8-5-. The van der Waals surface area contributed by atoms with E-state index < -0.39 is 0 Å². The van der Waals surface area contributed by atoms with Gasteiger partial charge in [-0.3, -0.25) is 4.79 Å². The second-order valence-corrected chi connectivity index (χ2v) is 3.01. The van der Waals surface area contributed by atoms with E-state index in [2.05, 4.69) is 6.08 Å². The maximum absolute atomic E-state index is 11.0. The van der Waals surface area contributed by atoms with Gasteiger partial charge in [-0.15, -0.1) is 0 Å². The quantitative estimate of drug-likeness (QED) is 0.470. The third-order valence-corrected chi connectivity index (χ3v) is 1.88. The van der Waals surface area contributed by atoms with E-state index in [0.717, 1.165) is 12.8 Å². The van der Waals surface area contributed by atoms with Gasteiger partial charge in [-0.2, -0.15) is 0 Å². The second kappa shape index (κ2) is 3.55. The lowest BCUT2D eigenvalue weighted by Crippen LogP contribution is -2.00. The summed E-state index contributed by atoms with van der Waals surface area (Å²) < 4.78 is 0. The first-order chi connectivity index (χ1) is 4.79.